The van der Waals surface area contributed by atoms with E-state index in [1.165, 1.54) is 30.9 Å². The fraction of sp³-hybridized carbons (Fsp3) is 0.391. The van der Waals surface area contributed by atoms with Gasteiger partial charge in [-0.3, -0.25) is 4.79 Å². The van der Waals surface area contributed by atoms with Crippen LogP contribution in [0.2, 0.25) is 0 Å². The van der Waals surface area contributed by atoms with Crippen molar-refractivity contribution in [1.29, 1.82) is 0 Å². The summed E-state index contributed by atoms with van der Waals surface area (Å²) < 4.78 is 82.5. The Balaban J connectivity index is 1.98. The zero-order valence-electron chi connectivity index (χ0n) is 17.9. The molecule has 0 unspecified atom stereocenters. The molecule has 1 aliphatic rings. The Morgan fingerprint density at radius 1 is 1.09 bits per heavy atom. The molecule has 0 radical (unpaired) electrons. The van der Waals surface area contributed by atoms with Gasteiger partial charge in [-0.2, -0.15) is 13.2 Å². The highest BCUT2D eigenvalue weighted by molar-refractivity contribution is 5.86. The number of aromatic nitrogens is 2. The van der Waals surface area contributed by atoms with Gasteiger partial charge in [0.1, 0.15) is 17.3 Å². The molecular formula is C23H21F6N3O. The normalized spacial score (nSPS) is 16.8. The van der Waals surface area contributed by atoms with Crippen molar-refractivity contribution in [2.45, 2.75) is 45.2 Å². The molecule has 0 amide bonds. The van der Waals surface area contributed by atoms with Gasteiger partial charge in [0.15, 0.2) is 5.43 Å². The molecule has 0 bridgehead atoms. The minimum atomic E-state index is -4.75. The summed E-state index contributed by atoms with van der Waals surface area (Å²) in [5, 5.41) is 0.227. The lowest BCUT2D eigenvalue weighted by Gasteiger charge is -2.26. The Morgan fingerprint density at radius 3 is 2.52 bits per heavy atom. The Morgan fingerprint density at radius 2 is 1.82 bits per heavy atom. The van der Waals surface area contributed by atoms with Crippen molar-refractivity contribution >= 4 is 16.7 Å². The Labute approximate surface area is 185 Å². The maximum Gasteiger partial charge on any atom is 0.433 e. The van der Waals surface area contributed by atoms with E-state index >= 15 is 0 Å². The first-order valence-corrected chi connectivity index (χ1v) is 10.4. The molecule has 0 saturated carbocycles. The van der Waals surface area contributed by atoms with Crippen molar-refractivity contribution in [2.75, 3.05) is 18.0 Å². The number of hydrogen-bond donors (Lipinski definition) is 1. The summed E-state index contributed by atoms with van der Waals surface area (Å²) >= 11 is 0. The van der Waals surface area contributed by atoms with Crippen LogP contribution in [0.5, 0.6) is 0 Å². The molecular weight excluding hydrogens is 448 g/mol. The molecule has 1 saturated heterocycles. The number of nitrogens with zero attached hydrogens (tertiary/aromatic N) is 2. The molecule has 0 aliphatic carbocycles. The number of rotatable bonds is 2. The lowest BCUT2D eigenvalue weighted by Crippen LogP contribution is -2.28. The van der Waals surface area contributed by atoms with Gasteiger partial charge in [-0.1, -0.05) is 0 Å². The van der Waals surface area contributed by atoms with Crippen LogP contribution in [0.3, 0.4) is 0 Å². The number of alkyl halides is 5. The molecule has 3 aromatic rings. The summed E-state index contributed by atoms with van der Waals surface area (Å²) in [6.07, 6.45) is -5.58. The summed E-state index contributed by atoms with van der Waals surface area (Å²) in [4.78, 5) is 21.1. The monoisotopic (exact) mass is 469 g/mol. The number of aryl methyl sites for hydroxylation is 1. The predicted molar refractivity (Wildman–Crippen MR) is 113 cm³/mol. The molecule has 4 nitrogen and oxygen atoms in total. The number of benzene rings is 1. The van der Waals surface area contributed by atoms with Crippen LogP contribution in [0.1, 0.15) is 36.1 Å². The first-order chi connectivity index (χ1) is 15.4. The van der Waals surface area contributed by atoms with Gasteiger partial charge in [-0.25, -0.2) is 18.2 Å². The van der Waals surface area contributed by atoms with E-state index in [1.807, 2.05) is 0 Å². The molecule has 1 aromatic carbocycles. The maximum atomic E-state index is 13.9. The van der Waals surface area contributed by atoms with Crippen LogP contribution in [0, 0.1) is 19.7 Å². The Hall–Kier alpha value is -3.04. The highest BCUT2D eigenvalue weighted by Gasteiger charge is 2.38. The van der Waals surface area contributed by atoms with Crippen LogP contribution >= 0.6 is 0 Å². The smallest absolute Gasteiger partial charge is 0.356 e. The Bertz CT molecular complexity index is 1280. The van der Waals surface area contributed by atoms with Crippen molar-refractivity contribution < 1.29 is 26.3 Å². The van der Waals surface area contributed by atoms with Crippen molar-refractivity contribution in [3.05, 3.63) is 57.1 Å². The van der Waals surface area contributed by atoms with Crippen LogP contribution < -0.4 is 10.3 Å². The van der Waals surface area contributed by atoms with Crippen molar-refractivity contribution in [2.24, 2.45) is 0 Å². The topological polar surface area (TPSA) is 49.0 Å². The molecule has 1 fully saturated rings. The maximum absolute atomic E-state index is 13.9. The van der Waals surface area contributed by atoms with Gasteiger partial charge in [-0.05, 0) is 50.1 Å². The highest BCUT2D eigenvalue weighted by Crippen LogP contribution is 2.39. The average molecular weight is 469 g/mol. The third-order valence-electron chi connectivity index (χ3n) is 5.95. The molecule has 33 heavy (non-hydrogen) atoms. The van der Waals surface area contributed by atoms with Crippen LogP contribution in [-0.2, 0) is 6.18 Å². The SMILES string of the molecule is Cc1cc(-c2[nH]c3cc(F)ccc3c(=O)c2C)c(N2CCCC(F)(F)CC2)nc1C(F)(F)F. The van der Waals surface area contributed by atoms with E-state index in [-0.39, 0.29) is 65.0 Å². The molecule has 0 atom stereocenters. The van der Waals surface area contributed by atoms with Crippen LogP contribution in [0.25, 0.3) is 22.2 Å². The number of pyridine rings is 2. The third-order valence-corrected chi connectivity index (χ3v) is 5.95. The number of fused-ring (bicyclic) bond motifs is 1. The summed E-state index contributed by atoms with van der Waals surface area (Å²) in [5.41, 5.74) is -0.988. The van der Waals surface area contributed by atoms with E-state index in [0.29, 0.717) is 0 Å². The lowest BCUT2D eigenvalue weighted by molar-refractivity contribution is -0.141. The minimum absolute atomic E-state index is 0.0712. The van der Waals surface area contributed by atoms with E-state index in [0.717, 1.165) is 12.1 Å². The van der Waals surface area contributed by atoms with Gasteiger partial charge >= 0.3 is 6.18 Å². The Kier molecular flexibility index (Phi) is 5.66. The van der Waals surface area contributed by atoms with E-state index in [2.05, 4.69) is 9.97 Å². The lowest BCUT2D eigenvalue weighted by atomic mass is 10.0. The number of anilines is 1. The van der Waals surface area contributed by atoms with Crippen LogP contribution in [-0.4, -0.2) is 29.0 Å². The first kappa shape index (κ1) is 23.1. The number of hydrogen-bond acceptors (Lipinski definition) is 3. The van der Waals surface area contributed by atoms with Crippen molar-refractivity contribution in [1.82, 2.24) is 9.97 Å². The summed E-state index contributed by atoms with van der Waals surface area (Å²) in [6, 6.07) is 4.84. The van der Waals surface area contributed by atoms with Crippen LogP contribution in [0.15, 0.2) is 29.1 Å². The van der Waals surface area contributed by atoms with E-state index in [4.69, 9.17) is 0 Å². The largest absolute Gasteiger partial charge is 0.433 e. The quantitative estimate of drug-likeness (QED) is 0.469. The molecule has 0 spiro atoms. The van der Waals surface area contributed by atoms with Gasteiger partial charge in [0.05, 0.1) is 11.2 Å². The van der Waals surface area contributed by atoms with Crippen molar-refractivity contribution in [3.63, 3.8) is 0 Å². The van der Waals surface area contributed by atoms with Gasteiger partial charge < -0.3 is 9.88 Å². The third kappa shape index (κ3) is 4.43. The zero-order chi connectivity index (χ0) is 24.1. The fourth-order valence-corrected chi connectivity index (χ4v) is 4.22. The van der Waals surface area contributed by atoms with Gasteiger partial charge in [0, 0.05) is 42.4 Å². The van der Waals surface area contributed by atoms with E-state index < -0.39 is 35.5 Å². The molecule has 2 aromatic heterocycles. The van der Waals surface area contributed by atoms with Gasteiger partial charge in [0.2, 0.25) is 5.92 Å². The molecule has 10 heteroatoms. The second-order valence-corrected chi connectivity index (χ2v) is 8.36. The van der Waals surface area contributed by atoms with Gasteiger partial charge in [0.25, 0.3) is 0 Å². The number of aromatic amines is 1. The fourth-order valence-electron chi connectivity index (χ4n) is 4.22. The molecule has 176 valence electrons. The molecule has 3 heterocycles. The predicted octanol–water partition coefficient (Wildman–Crippen LogP) is 5.99. The second kappa shape index (κ2) is 8.07. The first-order valence-electron chi connectivity index (χ1n) is 10.4. The van der Waals surface area contributed by atoms with Gasteiger partial charge in [-0.15, -0.1) is 0 Å². The minimum Gasteiger partial charge on any atom is -0.356 e. The number of H-pyrrole nitrogens is 1. The van der Waals surface area contributed by atoms with Crippen molar-refractivity contribution in [3.8, 4) is 11.3 Å². The molecule has 1 N–H and O–H groups in total. The number of nitrogens with one attached hydrogen (secondary N) is 1. The van der Waals surface area contributed by atoms with Crippen LogP contribution in [0.4, 0.5) is 32.2 Å². The summed E-state index contributed by atoms with van der Waals surface area (Å²) in [5.74, 6) is -3.65. The summed E-state index contributed by atoms with van der Waals surface area (Å²) in [7, 11) is 0. The number of halogens is 6. The molecule has 1 aliphatic heterocycles. The zero-order valence-corrected chi connectivity index (χ0v) is 17.9. The summed E-state index contributed by atoms with van der Waals surface area (Å²) in [6.45, 7) is 2.64. The second-order valence-electron chi connectivity index (χ2n) is 8.36. The molecule has 4 rings (SSSR count). The standard InChI is InChI=1S/C23H21F6N3O/c1-12-10-16(18-13(2)19(33)15-5-4-14(24)11-17(15)30-18)21(31-20(12)23(27,28)29)32-8-3-6-22(25,26)7-9-32/h4-5,10-11H,3,6-9H2,1-2H3,(H,30,33). The van der Waals surface area contributed by atoms with E-state index in [9.17, 15) is 31.1 Å². The van der Waals surface area contributed by atoms with E-state index in [1.54, 1.807) is 0 Å². The average Bonchev–Trinajstić information content (AvgIpc) is 2.90. The highest BCUT2D eigenvalue weighted by atomic mass is 19.4.